The highest BCUT2D eigenvalue weighted by Crippen LogP contribution is 2.46. The third-order valence-corrected chi connectivity index (χ3v) is 7.98. The Balaban J connectivity index is 1.09. The fourth-order valence-electron chi connectivity index (χ4n) is 5.36. The van der Waals surface area contributed by atoms with Gasteiger partial charge in [-0.15, -0.1) is 0 Å². The van der Waals surface area contributed by atoms with Gasteiger partial charge in [-0.1, -0.05) is 37.1 Å². The molecule has 2 aromatic rings. The van der Waals surface area contributed by atoms with E-state index >= 15 is 0 Å². The number of imide groups is 1. The van der Waals surface area contributed by atoms with Crippen LogP contribution in [0.25, 0.3) is 10.1 Å². The molecule has 1 aromatic heterocycles. The minimum absolute atomic E-state index is 0.0172. The average Bonchev–Trinajstić information content (AvgIpc) is 3.40. The van der Waals surface area contributed by atoms with Crippen molar-refractivity contribution in [2.45, 2.75) is 38.5 Å². The number of rotatable bonds is 5. The largest absolute Gasteiger partial charge is 0.353 e. The number of nitrogens with zero attached hydrogens (tertiary/aromatic N) is 4. The number of piperidine rings is 1. The summed E-state index contributed by atoms with van der Waals surface area (Å²) >= 11 is 1.57. The maximum absolute atomic E-state index is 12.6. The van der Waals surface area contributed by atoms with Crippen molar-refractivity contribution in [1.82, 2.24) is 14.2 Å². The fourth-order valence-corrected chi connectivity index (χ4v) is 6.16. The molecule has 0 radical (unpaired) electrons. The molecule has 2 aliphatic heterocycles. The fraction of sp³-hybridized carbons (Fsp3) is 0.542. The number of carbonyl (C=O) groups excluding carboxylic acids is 2. The van der Waals surface area contributed by atoms with Crippen molar-refractivity contribution >= 4 is 39.3 Å². The molecule has 2 amide bonds. The van der Waals surface area contributed by atoms with Crippen molar-refractivity contribution in [2.75, 3.05) is 44.2 Å². The third-order valence-electron chi connectivity index (χ3n) is 7.17. The second-order valence-electron chi connectivity index (χ2n) is 9.22. The molecule has 1 saturated carbocycles. The summed E-state index contributed by atoms with van der Waals surface area (Å²) in [5.41, 5.74) is -0.0172. The van der Waals surface area contributed by atoms with Crippen molar-refractivity contribution in [3.05, 3.63) is 36.4 Å². The molecule has 164 valence electrons. The Bertz CT molecular complexity index is 966. The highest BCUT2D eigenvalue weighted by molar-refractivity contribution is 7.13. The number of piperazine rings is 1. The molecule has 7 heteroatoms. The molecule has 6 nitrogen and oxygen atoms in total. The molecule has 1 spiro atoms. The summed E-state index contributed by atoms with van der Waals surface area (Å²) < 4.78 is 5.92. The van der Waals surface area contributed by atoms with E-state index in [4.69, 9.17) is 0 Å². The van der Waals surface area contributed by atoms with E-state index in [-0.39, 0.29) is 17.2 Å². The molecule has 1 aromatic carbocycles. The number of aromatic nitrogens is 1. The molecule has 1 aliphatic carbocycles. The topological polar surface area (TPSA) is 56.8 Å². The van der Waals surface area contributed by atoms with Crippen molar-refractivity contribution in [3.63, 3.8) is 0 Å². The first-order valence-corrected chi connectivity index (χ1v) is 12.2. The lowest BCUT2D eigenvalue weighted by molar-refractivity contribution is -0.152. The summed E-state index contributed by atoms with van der Waals surface area (Å²) in [6.07, 6.45) is 9.60. The zero-order valence-corrected chi connectivity index (χ0v) is 18.8. The van der Waals surface area contributed by atoms with Crippen LogP contribution in [0.5, 0.6) is 0 Å². The molecule has 3 fully saturated rings. The van der Waals surface area contributed by atoms with E-state index in [1.54, 1.807) is 11.5 Å². The van der Waals surface area contributed by atoms with Gasteiger partial charge in [-0.3, -0.25) is 19.4 Å². The van der Waals surface area contributed by atoms with Crippen LogP contribution in [-0.2, 0) is 9.59 Å². The van der Waals surface area contributed by atoms with E-state index in [2.05, 4.69) is 44.5 Å². The maximum atomic E-state index is 12.6. The van der Waals surface area contributed by atoms with Crippen LogP contribution in [0.3, 0.4) is 0 Å². The lowest BCUT2D eigenvalue weighted by atomic mass is 9.76. The quantitative estimate of drug-likeness (QED) is 0.526. The molecule has 0 bridgehead atoms. The van der Waals surface area contributed by atoms with E-state index in [0.717, 1.165) is 64.2 Å². The Kier molecular flexibility index (Phi) is 5.80. The summed E-state index contributed by atoms with van der Waals surface area (Å²) in [6, 6.07) is 8.42. The van der Waals surface area contributed by atoms with Crippen LogP contribution in [0.4, 0.5) is 5.82 Å². The molecule has 0 atom stereocenters. The van der Waals surface area contributed by atoms with Gasteiger partial charge >= 0.3 is 0 Å². The zero-order valence-electron chi connectivity index (χ0n) is 18.0. The predicted octanol–water partition coefficient (Wildman–Crippen LogP) is 3.68. The van der Waals surface area contributed by atoms with Gasteiger partial charge in [-0.2, -0.15) is 4.37 Å². The van der Waals surface area contributed by atoms with E-state index in [0.29, 0.717) is 19.4 Å². The number of hydrogen-bond donors (Lipinski definition) is 0. The van der Waals surface area contributed by atoms with E-state index < -0.39 is 0 Å². The average molecular weight is 439 g/mol. The number of benzene rings is 1. The second-order valence-corrected chi connectivity index (χ2v) is 10.0. The Morgan fingerprint density at radius 2 is 1.61 bits per heavy atom. The summed E-state index contributed by atoms with van der Waals surface area (Å²) in [6.45, 7) is 5.17. The summed E-state index contributed by atoms with van der Waals surface area (Å²) in [4.78, 5) is 31.4. The van der Waals surface area contributed by atoms with Gasteiger partial charge in [0.2, 0.25) is 11.8 Å². The van der Waals surface area contributed by atoms with Gasteiger partial charge in [0.15, 0.2) is 0 Å². The van der Waals surface area contributed by atoms with Gasteiger partial charge < -0.3 is 4.90 Å². The van der Waals surface area contributed by atoms with Crippen LogP contribution in [0.1, 0.15) is 38.5 Å². The number of fused-ring (bicyclic) bond motifs is 1. The predicted molar refractivity (Wildman–Crippen MR) is 124 cm³/mol. The van der Waals surface area contributed by atoms with Crippen LogP contribution in [0, 0.1) is 5.41 Å². The highest BCUT2D eigenvalue weighted by Gasteiger charge is 2.44. The normalized spacial score (nSPS) is 22.5. The number of anilines is 1. The SMILES string of the molecule is O=C1CC2(CCCC2)CC(=O)N1CC=CCN1CCN(c2nsc3ccccc23)CC1. The number of likely N-dealkylation sites (tertiary alicyclic amines) is 1. The first-order chi connectivity index (χ1) is 15.1. The molecule has 0 unspecified atom stereocenters. The van der Waals surface area contributed by atoms with E-state index in [9.17, 15) is 9.59 Å². The Morgan fingerprint density at radius 1 is 0.935 bits per heavy atom. The van der Waals surface area contributed by atoms with Crippen LogP contribution in [-0.4, -0.2) is 65.3 Å². The number of hydrogen-bond acceptors (Lipinski definition) is 6. The Hall–Kier alpha value is -2.25. The van der Waals surface area contributed by atoms with Crippen molar-refractivity contribution in [2.24, 2.45) is 5.41 Å². The van der Waals surface area contributed by atoms with Gasteiger partial charge in [-0.05, 0) is 41.9 Å². The van der Waals surface area contributed by atoms with Crippen molar-refractivity contribution in [3.8, 4) is 0 Å². The molecule has 0 N–H and O–H groups in total. The van der Waals surface area contributed by atoms with Crippen LogP contribution < -0.4 is 4.90 Å². The standard InChI is InChI=1S/C24H30N4O2S/c29-21-17-24(9-3-4-10-24)18-22(30)28(21)12-6-5-11-26-13-15-27(16-14-26)23-19-7-1-2-8-20(19)31-25-23/h1-2,5-8H,3-4,9-18H2. The molecule has 5 rings (SSSR count). The first-order valence-electron chi connectivity index (χ1n) is 11.4. The van der Waals surface area contributed by atoms with Crippen molar-refractivity contribution in [1.29, 1.82) is 0 Å². The van der Waals surface area contributed by atoms with Gasteiger partial charge in [0.05, 0.1) is 4.70 Å². The molecule has 31 heavy (non-hydrogen) atoms. The monoisotopic (exact) mass is 438 g/mol. The zero-order chi connectivity index (χ0) is 21.3. The molecule has 3 aliphatic rings. The minimum atomic E-state index is -0.0172. The lowest BCUT2D eigenvalue weighted by Crippen LogP contribution is -2.47. The lowest BCUT2D eigenvalue weighted by Gasteiger charge is -2.37. The number of amides is 2. The molecular weight excluding hydrogens is 408 g/mol. The number of carbonyl (C=O) groups is 2. The Labute approximate surface area is 187 Å². The Morgan fingerprint density at radius 3 is 2.35 bits per heavy atom. The van der Waals surface area contributed by atoms with E-state index in [1.165, 1.54) is 15.0 Å². The van der Waals surface area contributed by atoms with Crippen molar-refractivity contribution < 1.29 is 9.59 Å². The van der Waals surface area contributed by atoms with Gasteiger partial charge in [0.1, 0.15) is 5.82 Å². The third kappa shape index (κ3) is 4.26. The summed E-state index contributed by atoms with van der Waals surface area (Å²) in [5, 5.41) is 1.25. The summed E-state index contributed by atoms with van der Waals surface area (Å²) in [5.74, 6) is 1.15. The smallest absolute Gasteiger partial charge is 0.230 e. The second kappa shape index (κ2) is 8.71. The molecule has 2 saturated heterocycles. The molecule has 3 heterocycles. The van der Waals surface area contributed by atoms with Gasteiger partial charge in [0.25, 0.3) is 0 Å². The molecular formula is C24H30N4O2S. The highest BCUT2D eigenvalue weighted by atomic mass is 32.1. The van der Waals surface area contributed by atoms with Crippen LogP contribution in [0.15, 0.2) is 36.4 Å². The van der Waals surface area contributed by atoms with Crippen LogP contribution in [0.2, 0.25) is 0 Å². The minimum Gasteiger partial charge on any atom is -0.353 e. The van der Waals surface area contributed by atoms with Crippen LogP contribution >= 0.6 is 11.5 Å². The van der Waals surface area contributed by atoms with E-state index in [1.807, 2.05) is 6.08 Å². The maximum Gasteiger partial charge on any atom is 0.230 e. The first kappa shape index (κ1) is 20.6. The summed E-state index contributed by atoms with van der Waals surface area (Å²) in [7, 11) is 0. The van der Waals surface area contributed by atoms with Gasteiger partial charge in [-0.25, -0.2) is 0 Å². The van der Waals surface area contributed by atoms with Gasteiger partial charge in [0, 0.05) is 57.5 Å².